The first-order valence-electron chi connectivity index (χ1n) is 10.4. The molecule has 0 aliphatic heterocycles. The first-order valence-corrected chi connectivity index (χ1v) is 11.9. The topological polar surface area (TPSA) is 93.7 Å². The fourth-order valence-electron chi connectivity index (χ4n) is 3.24. The minimum absolute atomic E-state index is 0.0619. The van der Waals surface area contributed by atoms with Crippen molar-refractivity contribution >= 4 is 15.9 Å². The molecule has 7 nitrogen and oxygen atoms in total. The Balaban J connectivity index is 1.77. The summed E-state index contributed by atoms with van der Waals surface area (Å²) in [6.45, 7) is 2.36. The molecular weight excluding hydrogens is 440 g/mol. The molecule has 0 spiro atoms. The molecule has 33 heavy (non-hydrogen) atoms. The third kappa shape index (κ3) is 6.81. The van der Waals surface area contributed by atoms with Gasteiger partial charge >= 0.3 is 0 Å². The number of methoxy groups -OCH3 is 2. The Labute approximate surface area is 194 Å². The van der Waals surface area contributed by atoms with Crippen molar-refractivity contribution in [1.82, 2.24) is 10.0 Å². The van der Waals surface area contributed by atoms with Crippen molar-refractivity contribution in [3.8, 4) is 11.5 Å². The summed E-state index contributed by atoms with van der Waals surface area (Å²) >= 11 is 0. The van der Waals surface area contributed by atoms with E-state index in [0.717, 1.165) is 11.1 Å². The van der Waals surface area contributed by atoms with Gasteiger partial charge in [0, 0.05) is 13.0 Å². The van der Waals surface area contributed by atoms with Crippen LogP contribution < -0.4 is 19.5 Å². The average molecular weight is 469 g/mol. The lowest BCUT2D eigenvalue weighted by molar-refractivity contribution is -0.121. The number of sulfonamides is 1. The van der Waals surface area contributed by atoms with Crippen LogP contribution in [0.2, 0.25) is 0 Å². The van der Waals surface area contributed by atoms with E-state index in [4.69, 9.17) is 9.47 Å². The minimum Gasteiger partial charge on any atom is -0.497 e. The number of carbonyl (C=O) groups is 1. The molecule has 3 aromatic carbocycles. The molecule has 3 aromatic rings. The van der Waals surface area contributed by atoms with Crippen molar-refractivity contribution < 1.29 is 22.7 Å². The highest BCUT2D eigenvalue weighted by atomic mass is 32.2. The summed E-state index contributed by atoms with van der Waals surface area (Å²) < 4.78 is 39.0. The zero-order chi connectivity index (χ0) is 23.8. The summed E-state index contributed by atoms with van der Waals surface area (Å²) in [7, 11) is -0.819. The summed E-state index contributed by atoms with van der Waals surface area (Å²) in [4.78, 5) is 12.8. The lowest BCUT2D eigenvalue weighted by Gasteiger charge is -2.20. The number of rotatable bonds is 10. The third-order valence-corrected chi connectivity index (χ3v) is 6.67. The van der Waals surface area contributed by atoms with Crippen LogP contribution >= 0.6 is 0 Å². The van der Waals surface area contributed by atoms with Crippen LogP contribution in [0.3, 0.4) is 0 Å². The average Bonchev–Trinajstić information content (AvgIpc) is 2.83. The van der Waals surface area contributed by atoms with E-state index in [1.807, 2.05) is 31.2 Å². The van der Waals surface area contributed by atoms with Crippen molar-refractivity contribution in [1.29, 1.82) is 0 Å². The summed E-state index contributed by atoms with van der Waals surface area (Å²) in [6, 6.07) is 20.1. The number of amides is 1. The van der Waals surface area contributed by atoms with Crippen LogP contribution in [-0.2, 0) is 21.4 Å². The molecule has 0 aliphatic rings. The molecule has 0 heterocycles. The van der Waals surface area contributed by atoms with Gasteiger partial charge in [-0.3, -0.25) is 4.79 Å². The van der Waals surface area contributed by atoms with Crippen LogP contribution in [-0.4, -0.2) is 28.5 Å². The quantitative estimate of drug-likeness (QED) is 0.473. The molecule has 0 fully saturated rings. The van der Waals surface area contributed by atoms with E-state index in [2.05, 4.69) is 10.0 Å². The molecule has 0 saturated heterocycles. The summed E-state index contributed by atoms with van der Waals surface area (Å²) in [5.74, 6) is 0.921. The molecule has 174 valence electrons. The molecular formula is C25H28N2O5S. The maximum Gasteiger partial charge on any atom is 0.241 e. The van der Waals surface area contributed by atoms with Crippen LogP contribution in [0.1, 0.15) is 29.2 Å². The maximum atomic E-state index is 13.0. The standard InChI is InChI=1S/C25H28N2O5S/c1-18-4-6-19(7-5-18)17-26-25(28)16-24(20-8-10-21(31-2)11-9-20)27-33(29,30)23-14-12-22(32-3)13-15-23/h4-15,24,27H,16-17H2,1-3H3,(H,26,28). The predicted octanol–water partition coefficient (Wildman–Crippen LogP) is 3.74. The van der Waals surface area contributed by atoms with Crippen LogP contribution in [0.5, 0.6) is 11.5 Å². The fourth-order valence-corrected chi connectivity index (χ4v) is 4.46. The van der Waals surface area contributed by atoms with Crippen molar-refractivity contribution in [2.75, 3.05) is 14.2 Å². The van der Waals surface area contributed by atoms with Gasteiger partial charge in [-0.2, -0.15) is 0 Å². The van der Waals surface area contributed by atoms with E-state index in [9.17, 15) is 13.2 Å². The smallest absolute Gasteiger partial charge is 0.241 e. The lowest BCUT2D eigenvalue weighted by Crippen LogP contribution is -2.33. The Kier molecular flexibility index (Phi) is 8.08. The van der Waals surface area contributed by atoms with Gasteiger partial charge in [0.2, 0.25) is 15.9 Å². The van der Waals surface area contributed by atoms with Gasteiger partial charge in [0.05, 0.1) is 25.2 Å². The van der Waals surface area contributed by atoms with Gasteiger partial charge in [-0.1, -0.05) is 42.0 Å². The second kappa shape index (κ2) is 11.0. The summed E-state index contributed by atoms with van der Waals surface area (Å²) in [5, 5.41) is 2.87. The number of ether oxygens (including phenoxy) is 2. The monoisotopic (exact) mass is 468 g/mol. The number of carbonyl (C=O) groups excluding carboxylic acids is 1. The Morgan fingerprint density at radius 3 is 1.94 bits per heavy atom. The molecule has 1 atom stereocenters. The van der Waals surface area contributed by atoms with Gasteiger partial charge < -0.3 is 14.8 Å². The zero-order valence-corrected chi connectivity index (χ0v) is 19.7. The number of aryl methyl sites for hydroxylation is 1. The molecule has 2 N–H and O–H groups in total. The van der Waals surface area contributed by atoms with E-state index in [1.165, 1.54) is 19.2 Å². The highest BCUT2D eigenvalue weighted by molar-refractivity contribution is 7.89. The summed E-state index contributed by atoms with van der Waals surface area (Å²) in [5.41, 5.74) is 2.75. The third-order valence-electron chi connectivity index (χ3n) is 5.19. The second-order valence-corrected chi connectivity index (χ2v) is 9.30. The van der Waals surface area contributed by atoms with Crippen LogP contribution in [0.4, 0.5) is 0 Å². The van der Waals surface area contributed by atoms with Gasteiger partial charge in [0.15, 0.2) is 0 Å². The van der Waals surface area contributed by atoms with Gasteiger partial charge in [0.1, 0.15) is 11.5 Å². The molecule has 0 saturated carbocycles. The van der Waals surface area contributed by atoms with E-state index >= 15 is 0 Å². The van der Waals surface area contributed by atoms with Crippen LogP contribution in [0, 0.1) is 6.92 Å². The highest BCUT2D eigenvalue weighted by Gasteiger charge is 2.24. The van der Waals surface area contributed by atoms with Crippen LogP contribution in [0.15, 0.2) is 77.7 Å². The number of hydrogen-bond donors (Lipinski definition) is 2. The van der Waals surface area contributed by atoms with E-state index < -0.39 is 16.1 Å². The molecule has 3 rings (SSSR count). The number of benzene rings is 3. The summed E-state index contributed by atoms with van der Waals surface area (Å²) in [6.07, 6.45) is -0.0619. The lowest BCUT2D eigenvalue weighted by atomic mass is 10.0. The minimum atomic E-state index is -3.88. The zero-order valence-electron chi connectivity index (χ0n) is 18.9. The maximum absolute atomic E-state index is 13.0. The van der Waals surface area contributed by atoms with Crippen LogP contribution in [0.25, 0.3) is 0 Å². The first-order chi connectivity index (χ1) is 15.8. The normalized spacial score (nSPS) is 12.1. The molecule has 0 bridgehead atoms. The Morgan fingerprint density at radius 2 is 1.39 bits per heavy atom. The van der Waals surface area contributed by atoms with E-state index in [-0.39, 0.29) is 17.2 Å². The van der Waals surface area contributed by atoms with Gasteiger partial charge in [-0.05, 0) is 54.4 Å². The molecule has 1 unspecified atom stereocenters. The van der Waals surface area contributed by atoms with Gasteiger partial charge in [-0.25, -0.2) is 13.1 Å². The fraction of sp³-hybridized carbons (Fsp3) is 0.240. The highest BCUT2D eigenvalue weighted by Crippen LogP contribution is 2.24. The molecule has 0 radical (unpaired) electrons. The molecule has 0 aliphatic carbocycles. The molecule has 1 amide bonds. The van der Waals surface area contributed by atoms with Gasteiger partial charge in [-0.15, -0.1) is 0 Å². The first kappa shape index (κ1) is 24.3. The predicted molar refractivity (Wildman–Crippen MR) is 127 cm³/mol. The van der Waals surface area contributed by atoms with Crippen molar-refractivity contribution in [2.24, 2.45) is 0 Å². The van der Waals surface area contributed by atoms with Crippen molar-refractivity contribution in [3.63, 3.8) is 0 Å². The van der Waals surface area contributed by atoms with Gasteiger partial charge in [0.25, 0.3) is 0 Å². The Morgan fingerprint density at radius 1 is 0.848 bits per heavy atom. The Hall–Kier alpha value is -3.36. The second-order valence-electron chi connectivity index (χ2n) is 7.59. The molecule has 0 aromatic heterocycles. The van der Waals surface area contributed by atoms with Crippen molar-refractivity contribution in [3.05, 3.63) is 89.5 Å². The number of hydrogen-bond acceptors (Lipinski definition) is 5. The Bertz CT molecular complexity index is 1160. The largest absolute Gasteiger partial charge is 0.497 e. The van der Waals surface area contributed by atoms with E-state index in [1.54, 1.807) is 43.5 Å². The molecule has 8 heteroatoms. The number of nitrogens with one attached hydrogen (secondary N) is 2. The van der Waals surface area contributed by atoms with Crippen molar-refractivity contribution in [2.45, 2.75) is 30.8 Å². The SMILES string of the molecule is COc1ccc(C(CC(=O)NCc2ccc(C)cc2)NS(=O)(=O)c2ccc(OC)cc2)cc1. The van der Waals surface area contributed by atoms with E-state index in [0.29, 0.717) is 23.6 Å².